The van der Waals surface area contributed by atoms with Crippen molar-refractivity contribution in [2.24, 2.45) is 17.0 Å². The number of morpholine rings is 1. The Hall–Kier alpha value is -4.12. The van der Waals surface area contributed by atoms with E-state index in [0.717, 1.165) is 0 Å². The normalized spacial score (nSPS) is 14.8. The maximum Gasteiger partial charge on any atom is 0.269 e. The Bertz CT molecular complexity index is 1380. The molecule has 0 radical (unpaired) electrons. The highest BCUT2D eigenvalue weighted by Crippen LogP contribution is 2.36. The molecule has 0 saturated carbocycles. The summed E-state index contributed by atoms with van der Waals surface area (Å²) in [6.45, 7) is 7.13. The summed E-state index contributed by atoms with van der Waals surface area (Å²) in [6.07, 6.45) is 2.90. The van der Waals surface area contributed by atoms with Gasteiger partial charge in [0, 0.05) is 44.0 Å². The van der Waals surface area contributed by atoms with Gasteiger partial charge in [-0.1, -0.05) is 12.6 Å². The largest absolute Gasteiger partial charge is 0.496 e. The number of amidine groups is 1. The van der Waals surface area contributed by atoms with Crippen LogP contribution >= 0.6 is 0 Å². The molecule has 1 N–H and O–H groups in total. The predicted molar refractivity (Wildman–Crippen MR) is 135 cm³/mol. The van der Waals surface area contributed by atoms with Crippen molar-refractivity contribution in [3.63, 3.8) is 0 Å². The molecule has 4 rings (SSSR count). The predicted octanol–water partition coefficient (Wildman–Crippen LogP) is 3.69. The molecule has 11 heteroatoms. The molecule has 1 fully saturated rings. The van der Waals surface area contributed by atoms with Crippen LogP contribution in [0.3, 0.4) is 0 Å². The monoisotopic (exact) mass is 496 g/mol. The molecule has 2 aromatic carbocycles. The minimum Gasteiger partial charge on any atom is -0.496 e. The molecule has 0 atom stereocenters. The van der Waals surface area contributed by atoms with Gasteiger partial charge in [0.2, 0.25) is 0 Å². The first kappa shape index (κ1) is 25.0. The second kappa shape index (κ2) is 10.6. The lowest BCUT2D eigenvalue weighted by molar-refractivity contribution is -0.110. The molecule has 0 unspecified atom stereocenters. The van der Waals surface area contributed by atoms with E-state index < -0.39 is 17.5 Å². The number of nitrogens with zero attached hydrogens (tertiary/aromatic N) is 5. The number of hydrogen-bond donors (Lipinski definition) is 1. The SMILES string of the molecule is C=C/N=C(\N=C(/C)C(=O)Nc1cc(F)c2nn(C)cc2c1N1CCOCC1)c1c(F)cccc1OC. The Balaban J connectivity index is 1.73. The lowest BCUT2D eigenvalue weighted by Gasteiger charge is -2.31. The van der Waals surface area contributed by atoms with Gasteiger partial charge in [-0.3, -0.25) is 9.48 Å². The highest BCUT2D eigenvalue weighted by molar-refractivity contribution is 6.44. The number of aliphatic imine (C=N–C) groups is 2. The summed E-state index contributed by atoms with van der Waals surface area (Å²) in [4.78, 5) is 23.5. The molecule has 36 heavy (non-hydrogen) atoms. The van der Waals surface area contributed by atoms with Crippen molar-refractivity contribution in [2.75, 3.05) is 43.6 Å². The second-order valence-electron chi connectivity index (χ2n) is 8.02. The highest BCUT2D eigenvalue weighted by atomic mass is 19.1. The summed E-state index contributed by atoms with van der Waals surface area (Å²) in [7, 11) is 3.10. The van der Waals surface area contributed by atoms with Crippen molar-refractivity contribution in [3.8, 4) is 5.75 Å². The van der Waals surface area contributed by atoms with Crippen LogP contribution in [0.2, 0.25) is 0 Å². The Morgan fingerprint density at radius 3 is 2.72 bits per heavy atom. The molecule has 1 aromatic heterocycles. The van der Waals surface area contributed by atoms with Gasteiger partial charge >= 0.3 is 0 Å². The van der Waals surface area contributed by atoms with Gasteiger partial charge in [0.05, 0.1) is 37.3 Å². The van der Waals surface area contributed by atoms with E-state index in [0.29, 0.717) is 37.4 Å². The second-order valence-corrected chi connectivity index (χ2v) is 8.02. The number of anilines is 2. The van der Waals surface area contributed by atoms with Gasteiger partial charge in [-0.2, -0.15) is 5.10 Å². The number of benzene rings is 2. The van der Waals surface area contributed by atoms with Crippen LogP contribution in [0.15, 0.2) is 53.2 Å². The van der Waals surface area contributed by atoms with Crippen LogP contribution in [0, 0.1) is 11.6 Å². The number of carbonyl (C=O) groups is 1. The van der Waals surface area contributed by atoms with E-state index >= 15 is 0 Å². The van der Waals surface area contributed by atoms with Crippen molar-refractivity contribution in [1.29, 1.82) is 0 Å². The maximum absolute atomic E-state index is 14.9. The average Bonchev–Trinajstić information content (AvgIpc) is 3.26. The van der Waals surface area contributed by atoms with Crippen LogP contribution in [0.5, 0.6) is 5.75 Å². The molecule has 0 spiro atoms. The fourth-order valence-electron chi connectivity index (χ4n) is 4.02. The lowest BCUT2D eigenvalue weighted by atomic mass is 10.1. The van der Waals surface area contributed by atoms with Gasteiger partial charge in [-0.05, 0) is 19.1 Å². The molecule has 1 saturated heterocycles. The minimum absolute atomic E-state index is 0.0103. The summed E-state index contributed by atoms with van der Waals surface area (Å²) in [5.41, 5.74) is 1.07. The zero-order chi connectivity index (χ0) is 25.8. The quantitative estimate of drug-likeness (QED) is 0.415. The van der Waals surface area contributed by atoms with Crippen LogP contribution < -0.4 is 15.0 Å². The fourth-order valence-corrected chi connectivity index (χ4v) is 4.02. The number of halogens is 2. The molecule has 1 aliphatic heterocycles. The van der Waals surface area contributed by atoms with E-state index in [-0.39, 0.29) is 34.1 Å². The molecule has 9 nitrogen and oxygen atoms in total. The summed E-state index contributed by atoms with van der Waals surface area (Å²) < 4.78 is 41.8. The van der Waals surface area contributed by atoms with E-state index in [1.54, 1.807) is 19.3 Å². The van der Waals surface area contributed by atoms with E-state index in [2.05, 4.69) is 27.0 Å². The number of methoxy groups -OCH3 is 1. The van der Waals surface area contributed by atoms with Gasteiger partial charge in [-0.25, -0.2) is 18.8 Å². The maximum atomic E-state index is 14.9. The number of fused-ring (bicyclic) bond motifs is 1. The van der Waals surface area contributed by atoms with Crippen molar-refractivity contribution >= 4 is 39.7 Å². The Labute approximate surface area is 206 Å². The minimum atomic E-state index is -0.620. The number of hydrogen-bond acceptors (Lipinski definition) is 6. The highest BCUT2D eigenvalue weighted by Gasteiger charge is 2.24. The molecular weight excluding hydrogens is 470 g/mol. The lowest BCUT2D eigenvalue weighted by Crippen LogP contribution is -2.37. The summed E-state index contributed by atoms with van der Waals surface area (Å²) >= 11 is 0. The molecular formula is C25H26F2N6O3. The van der Waals surface area contributed by atoms with Crippen LogP contribution in [-0.4, -0.2) is 60.6 Å². The van der Waals surface area contributed by atoms with Crippen LogP contribution in [0.1, 0.15) is 12.5 Å². The van der Waals surface area contributed by atoms with E-state index in [1.807, 2.05) is 4.90 Å². The van der Waals surface area contributed by atoms with E-state index in [1.165, 1.54) is 43.1 Å². The number of rotatable bonds is 6. The van der Waals surface area contributed by atoms with Crippen molar-refractivity contribution < 1.29 is 23.0 Å². The number of aromatic nitrogens is 2. The Morgan fingerprint density at radius 1 is 1.28 bits per heavy atom. The van der Waals surface area contributed by atoms with Crippen molar-refractivity contribution in [3.05, 3.63) is 60.4 Å². The molecule has 1 amide bonds. The zero-order valence-corrected chi connectivity index (χ0v) is 20.2. The zero-order valence-electron chi connectivity index (χ0n) is 20.2. The van der Waals surface area contributed by atoms with Crippen LogP contribution in [0.25, 0.3) is 10.9 Å². The number of amides is 1. The summed E-state index contributed by atoms with van der Waals surface area (Å²) in [5.74, 6) is -1.69. The van der Waals surface area contributed by atoms with Gasteiger partial charge in [0.25, 0.3) is 5.91 Å². The third-order valence-corrected chi connectivity index (χ3v) is 5.65. The van der Waals surface area contributed by atoms with Crippen molar-refractivity contribution in [1.82, 2.24) is 9.78 Å². The third-order valence-electron chi connectivity index (χ3n) is 5.65. The summed E-state index contributed by atoms with van der Waals surface area (Å²) in [5, 5.41) is 7.54. The topological polar surface area (TPSA) is 93.3 Å². The molecule has 0 bridgehead atoms. The fraction of sp³-hybridized carbons (Fsp3) is 0.280. The van der Waals surface area contributed by atoms with Gasteiger partial charge < -0.3 is 19.7 Å². The van der Waals surface area contributed by atoms with E-state index in [4.69, 9.17) is 9.47 Å². The van der Waals surface area contributed by atoms with Gasteiger partial charge in [0.15, 0.2) is 11.7 Å². The standard InChI is InChI=1S/C25H26F2N6O3/c1-5-28-24(21-17(26)7-6-8-20(21)35-4)29-15(2)25(34)30-19-13-18(27)22-16(14-32(3)31-22)23(19)33-9-11-36-12-10-33/h5-8,13-14H,1,9-12H2,2-4H3,(H,30,34)/b28-24-,29-15+. The first-order chi connectivity index (χ1) is 17.3. The third kappa shape index (κ3) is 4.96. The Morgan fingerprint density at radius 2 is 2.03 bits per heavy atom. The molecule has 1 aliphatic rings. The number of ether oxygens (including phenoxy) is 2. The van der Waals surface area contributed by atoms with Gasteiger partial charge in [-0.15, -0.1) is 0 Å². The number of carbonyl (C=O) groups excluding carboxylic acids is 1. The molecule has 188 valence electrons. The number of aryl methyl sites for hydroxylation is 1. The average molecular weight is 497 g/mol. The smallest absolute Gasteiger partial charge is 0.269 e. The van der Waals surface area contributed by atoms with Crippen LogP contribution in [-0.2, 0) is 16.6 Å². The van der Waals surface area contributed by atoms with Crippen LogP contribution in [0.4, 0.5) is 20.2 Å². The Kier molecular flexibility index (Phi) is 7.39. The first-order valence-electron chi connectivity index (χ1n) is 11.2. The van der Waals surface area contributed by atoms with Crippen molar-refractivity contribution in [2.45, 2.75) is 6.92 Å². The van der Waals surface area contributed by atoms with E-state index in [9.17, 15) is 13.6 Å². The van der Waals surface area contributed by atoms with Gasteiger partial charge in [0.1, 0.15) is 22.8 Å². The molecule has 3 aromatic rings. The molecule has 2 heterocycles. The first-order valence-corrected chi connectivity index (χ1v) is 11.2. The number of nitrogens with one attached hydrogen (secondary N) is 1. The molecule has 0 aliphatic carbocycles. The summed E-state index contributed by atoms with van der Waals surface area (Å²) in [6, 6.07) is 5.52.